The van der Waals surface area contributed by atoms with Gasteiger partial charge in [-0.2, -0.15) is 0 Å². The topological polar surface area (TPSA) is 71.5 Å². The van der Waals surface area contributed by atoms with Crippen molar-refractivity contribution in [1.29, 1.82) is 0 Å². The lowest BCUT2D eigenvalue weighted by atomic mass is 9.90. The lowest BCUT2D eigenvalue weighted by Crippen LogP contribution is -2.40. The highest BCUT2D eigenvalue weighted by Gasteiger charge is 2.30. The number of hydrogen-bond acceptors (Lipinski definition) is 5. The van der Waals surface area contributed by atoms with Crippen LogP contribution in [0.3, 0.4) is 0 Å². The van der Waals surface area contributed by atoms with E-state index in [0.717, 1.165) is 23.2 Å². The van der Waals surface area contributed by atoms with E-state index in [4.69, 9.17) is 16.3 Å². The van der Waals surface area contributed by atoms with Gasteiger partial charge in [-0.25, -0.2) is 4.98 Å². The lowest BCUT2D eigenvalue weighted by Gasteiger charge is -2.36. The van der Waals surface area contributed by atoms with Gasteiger partial charge in [0.05, 0.1) is 30.3 Å². The van der Waals surface area contributed by atoms with Gasteiger partial charge in [-0.15, -0.1) is 11.3 Å². The van der Waals surface area contributed by atoms with Crippen LogP contribution in [0.25, 0.3) is 11.3 Å². The molecule has 0 saturated carbocycles. The second-order valence-corrected chi connectivity index (χ2v) is 8.58. The molecule has 4 rings (SSSR count). The summed E-state index contributed by atoms with van der Waals surface area (Å²) < 4.78 is 5.18. The Balaban J connectivity index is 1.49. The van der Waals surface area contributed by atoms with Crippen LogP contribution in [0.2, 0.25) is 5.02 Å². The largest absolute Gasteiger partial charge is 0.495 e. The molecule has 1 aromatic heterocycles. The third kappa shape index (κ3) is 4.57. The van der Waals surface area contributed by atoms with E-state index >= 15 is 0 Å². The molecule has 0 saturated heterocycles. The number of halogens is 1. The minimum atomic E-state index is -0.276. The van der Waals surface area contributed by atoms with Crippen molar-refractivity contribution in [1.82, 2.24) is 9.88 Å². The van der Waals surface area contributed by atoms with Crippen LogP contribution in [-0.2, 0) is 16.0 Å². The summed E-state index contributed by atoms with van der Waals surface area (Å²) in [5.74, 6) is 0.388. The number of carbonyl (C=O) groups is 2. The fraction of sp³-hybridized carbons (Fsp3) is 0.261. The molecule has 1 aliphatic rings. The molecule has 2 amide bonds. The predicted molar refractivity (Wildman–Crippen MR) is 123 cm³/mol. The first-order chi connectivity index (χ1) is 15.0. The molecule has 0 aliphatic carbocycles. The van der Waals surface area contributed by atoms with Crippen LogP contribution in [0.5, 0.6) is 5.75 Å². The van der Waals surface area contributed by atoms with Crippen molar-refractivity contribution >= 4 is 39.9 Å². The van der Waals surface area contributed by atoms with E-state index in [9.17, 15) is 9.59 Å². The van der Waals surface area contributed by atoms with Crippen molar-refractivity contribution in [3.63, 3.8) is 0 Å². The molecule has 2 aromatic carbocycles. The zero-order chi connectivity index (χ0) is 22.0. The van der Waals surface area contributed by atoms with Crippen LogP contribution < -0.4 is 10.1 Å². The van der Waals surface area contributed by atoms with Crippen LogP contribution in [0.1, 0.15) is 30.5 Å². The van der Waals surface area contributed by atoms with E-state index in [1.54, 1.807) is 31.1 Å². The molecule has 0 fully saturated rings. The van der Waals surface area contributed by atoms with Gasteiger partial charge in [0.2, 0.25) is 11.8 Å². The lowest BCUT2D eigenvalue weighted by molar-refractivity contribution is -0.132. The van der Waals surface area contributed by atoms with Gasteiger partial charge >= 0.3 is 0 Å². The van der Waals surface area contributed by atoms with E-state index in [0.29, 0.717) is 22.4 Å². The van der Waals surface area contributed by atoms with Gasteiger partial charge in [-0.3, -0.25) is 9.59 Å². The maximum atomic E-state index is 12.8. The highest BCUT2D eigenvalue weighted by atomic mass is 35.5. The van der Waals surface area contributed by atoms with Crippen molar-refractivity contribution in [2.45, 2.75) is 25.8 Å². The second kappa shape index (κ2) is 9.08. The fourth-order valence-electron chi connectivity index (χ4n) is 3.88. The first-order valence-electron chi connectivity index (χ1n) is 9.90. The molecular weight excluding hydrogens is 434 g/mol. The van der Waals surface area contributed by atoms with Gasteiger partial charge < -0.3 is 15.0 Å². The first kappa shape index (κ1) is 21.3. The van der Waals surface area contributed by atoms with Crippen LogP contribution in [0, 0.1) is 0 Å². The van der Waals surface area contributed by atoms with E-state index in [-0.39, 0.29) is 24.3 Å². The zero-order valence-electron chi connectivity index (χ0n) is 17.2. The maximum Gasteiger partial charge on any atom is 0.228 e. The fourth-order valence-corrected chi connectivity index (χ4v) is 4.88. The molecule has 8 heteroatoms. The smallest absolute Gasteiger partial charge is 0.228 e. The van der Waals surface area contributed by atoms with E-state index in [1.165, 1.54) is 16.9 Å². The minimum Gasteiger partial charge on any atom is -0.495 e. The molecule has 0 radical (unpaired) electrons. The van der Waals surface area contributed by atoms with Gasteiger partial charge in [0.25, 0.3) is 0 Å². The molecule has 0 spiro atoms. The molecule has 3 aromatic rings. The molecular formula is C23H22ClN3O3S. The number of benzene rings is 2. The Bertz CT molecular complexity index is 1130. The number of thiazole rings is 1. The average molecular weight is 456 g/mol. The number of nitrogens with zero attached hydrogens (tertiary/aromatic N) is 2. The normalized spacial score (nSPS) is 15.3. The molecule has 1 unspecified atom stereocenters. The number of rotatable bonds is 5. The minimum absolute atomic E-state index is 0.0276. The Morgan fingerprint density at radius 3 is 2.84 bits per heavy atom. The summed E-state index contributed by atoms with van der Waals surface area (Å²) in [6.07, 6.45) is 0.980. The predicted octanol–water partition coefficient (Wildman–Crippen LogP) is 4.95. The molecule has 2 heterocycles. The monoisotopic (exact) mass is 455 g/mol. The Hall–Kier alpha value is -2.90. The number of nitrogens with one attached hydrogen (secondary N) is 1. The number of anilines is 1. The van der Waals surface area contributed by atoms with Gasteiger partial charge in [-0.05, 0) is 35.7 Å². The quantitative estimate of drug-likeness (QED) is 0.591. The number of amides is 2. The summed E-state index contributed by atoms with van der Waals surface area (Å²) >= 11 is 7.55. The third-order valence-corrected chi connectivity index (χ3v) is 6.45. The van der Waals surface area contributed by atoms with E-state index < -0.39 is 0 Å². The van der Waals surface area contributed by atoms with Crippen LogP contribution in [0.15, 0.2) is 47.8 Å². The Kier molecular flexibility index (Phi) is 6.25. The van der Waals surface area contributed by atoms with Gasteiger partial charge in [0.15, 0.2) is 5.13 Å². The van der Waals surface area contributed by atoms with Gasteiger partial charge in [0, 0.05) is 24.4 Å². The zero-order valence-corrected chi connectivity index (χ0v) is 18.8. The summed E-state index contributed by atoms with van der Waals surface area (Å²) in [7, 11) is 1.56. The number of methoxy groups -OCH3 is 1. The molecule has 31 heavy (non-hydrogen) atoms. The van der Waals surface area contributed by atoms with Gasteiger partial charge in [0.1, 0.15) is 5.75 Å². The standard InChI is InChI=1S/C23H22ClN3O3S/c1-14(28)27-10-9-15-5-3-4-6-17(15)20(27)12-22(29)26-23-25-19(13-31-23)16-7-8-21(30-2)18(24)11-16/h3-8,11,13,20H,9-10,12H2,1-2H3,(H,25,26,29). The molecule has 1 atom stereocenters. The first-order valence-corrected chi connectivity index (χ1v) is 11.2. The Labute approximate surface area is 189 Å². The number of carbonyl (C=O) groups excluding carboxylic acids is 2. The Morgan fingerprint density at radius 1 is 1.29 bits per heavy atom. The van der Waals surface area contributed by atoms with Crippen molar-refractivity contribution in [3.05, 3.63) is 64.0 Å². The van der Waals surface area contributed by atoms with Crippen LogP contribution in [0.4, 0.5) is 5.13 Å². The van der Waals surface area contributed by atoms with E-state index in [2.05, 4.69) is 16.4 Å². The maximum absolute atomic E-state index is 12.8. The second-order valence-electron chi connectivity index (χ2n) is 7.32. The van der Waals surface area contributed by atoms with Crippen LogP contribution >= 0.6 is 22.9 Å². The van der Waals surface area contributed by atoms with Crippen LogP contribution in [-0.4, -0.2) is 35.4 Å². The molecule has 0 bridgehead atoms. The van der Waals surface area contributed by atoms with Crippen molar-refractivity contribution in [2.75, 3.05) is 19.0 Å². The summed E-state index contributed by atoms with van der Waals surface area (Å²) in [6.45, 7) is 2.16. The summed E-state index contributed by atoms with van der Waals surface area (Å²) in [6, 6.07) is 13.2. The molecule has 160 valence electrons. The average Bonchev–Trinajstić information content (AvgIpc) is 3.22. The van der Waals surface area contributed by atoms with Gasteiger partial charge in [-0.1, -0.05) is 35.9 Å². The van der Waals surface area contributed by atoms with Crippen molar-refractivity contribution in [3.8, 4) is 17.0 Å². The number of aromatic nitrogens is 1. The van der Waals surface area contributed by atoms with Crippen molar-refractivity contribution < 1.29 is 14.3 Å². The summed E-state index contributed by atoms with van der Waals surface area (Å²) in [5, 5.41) is 5.75. The third-order valence-electron chi connectivity index (χ3n) is 5.39. The van der Waals surface area contributed by atoms with E-state index in [1.807, 2.05) is 29.6 Å². The highest BCUT2D eigenvalue weighted by molar-refractivity contribution is 7.14. The summed E-state index contributed by atoms with van der Waals surface area (Å²) in [5.41, 5.74) is 3.78. The molecule has 6 nitrogen and oxygen atoms in total. The number of fused-ring (bicyclic) bond motifs is 1. The number of ether oxygens (including phenoxy) is 1. The van der Waals surface area contributed by atoms with Crippen molar-refractivity contribution in [2.24, 2.45) is 0 Å². The highest BCUT2D eigenvalue weighted by Crippen LogP contribution is 2.34. The number of hydrogen-bond donors (Lipinski definition) is 1. The Morgan fingerprint density at radius 2 is 2.10 bits per heavy atom. The molecule has 1 aliphatic heterocycles. The summed E-state index contributed by atoms with van der Waals surface area (Å²) in [4.78, 5) is 31.3. The molecule has 1 N–H and O–H groups in total. The SMILES string of the molecule is COc1ccc(-c2csc(NC(=O)CC3c4ccccc4CCN3C(C)=O)n2)cc1Cl.